The fourth-order valence-electron chi connectivity index (χ4n) is 3.28. The lowest BCUT2D eigenvalue weighted by atomic mass is 10.1. The molecule has 5 heterocycles. The Morgan fingerprint density at radius 3 is 3.12 bits per heavy atom. The quantitative estimate of drug-likeness (QED) is 0.732. The van der Waals surface area contributed by atoms with Crippen molar-refractivity contribution in [3.8, 4) is 0 Å². The van der Waals surface area contributed by atoms with Crippen LogP contribution in [-0.4, -0.2) is 38.5 Å². The van der Waals surface area contributed by atoms with Crippen LogP contribution >= 0.6 is 27.5 Å². The summed E-state index contributed by atoms with van der Waals surface area (Å²) in [5, 5.41) is 4.41. The van der Waals surface area contributed by atoms with Gasteiger partial charge in [-0.1, -0.05) is 0 Å². The predicted octanol–water partition coefficient (Wildman–Crippen LogP) is 3.25. The molecule has 3 aliphatic heterocycles. The third-order valence-electron chi connectivity index (χ3n) is 4.33. The van der Waals surface area contributed by atoms with Crippen molar-refractivity contribution in [3.05, 3.63) is 63.0 Å². The van der Waals surface area contributed by atoms with Crippen molar-refractivity contribution in [3.63, 3.8) is 0 Å². The summed E-state index contributed by atoms with van der Waals surface area (Å²) in [7, 11) is 0. The average molecular weight is 405 g/mol. The molecule has 0 saturated carbocycles. The summed E-state index contributed by atoms with van der Waals surface area (Å²) in [5.41, 5.74) is 5.24. The first-order chi connectivity index (χ1) is 11.7. The third kappa shape index (κ3) is 2.04. The number of rotatable bonds is 1. The Balaban J connectivity index is 1.66. The van der Waals surface area contributed by atoms with Crippen LogP contribution in [0.25, 0.3) is 5.65 Å². The van der Waals surface area contributed by atoms with Gasteiger partial charge in [-0.05, 0) is 51.7 Å². The molecule has 0 bridgehead atoms. The van der Waals surface area contributed by atoms with E-state index in [1.54, 1.807) is 10.8 Å². The van der Waals surface area contributed by atoms with Crippen LogP contribution < -0.4 is 0 Å². The Kier molecular flexibility index (Phi) is 3.08. The first-order valence-electron chi connectivity index (χ1n) is 7.48. The minimum Gasteiger partial charge on any atom is -0.496 e. The maximum atomic E-state index is 5.88. The Bertz CT molecular complexity index is 1000. The van der Waals surface area contributed by atoms with Crippen molar-refractivity contribution < 1.29 is 4.74 Å². The largest absolute Gasteiger partial charge is 0.496 e. The molecular formula is C16H11BrClN5O. The number of halogens is 2. The van der Waals surface area contributed by atoms with Crippen molar-refractivity contribution in [1.29, 1.82) is 0 Å². The number of pyridine rings is 1. The maximum Gasteiger partial charge on any atom is 0.243 e. The third-order valence-corrected chi connectivity index (χ3v) is 5.11. The Labute approximate surface area is 150 Å². The summed E-state index contributed by atoms with van der Waals surface area (Å²) in [6.45, 7) is 1.50. The molecule has 3 aliphatic rings. The van der Waals surface area contributed by atoms with E-state index in [9.17, 15) is 0 Å². The van der Waals surface area contributed by atoms with E-state index in [0.717, 1.165) is 34.4 Å². The molecule has 2 aromatic heterocycles. The van der Waals surface area contributed by atoms with E-state index < -0.39 is 0 Å². The Morgan fingerprint density at radius 1 is 1.29 bits per heavy atom. The molecule has 0 N–H and O–H groups in total. The topological polar surface area (TPSA) is 55.0 Å². The minimum absolute atomic E-state index is 0.237. The van der Waals surface area contributed by atoms with Gasteiger partial charge in [0.2, 0.25) is 5.28 Å². The molecule has 0 saturated heterocycles. The van der Waals surface area contributed by atoms with E-state index in [0.29, 0.717) is 12.3 Å². The SMILES string of the molecule is Clc1nc2ccc(C3=NC=C4C(Br)=COCC5=C4N3CC5)cn2n1. The van der Waals surface area contributed by atoms with Gasteiger partial charge in [-0.2, -0.15) is 4.98 Å². The first-order valence-corrected chi connectivity index (χ1v) is 8.65. The van der Waals surface area contributed by atoms with Gasteiger partial charge in [0, 0.05) is 30.1 Å². The summed E-state index contributed by atoms with van der Waals surface area (Å²) in [4.78, 5) is 11.1. The van der Waals surface area contributed by atoms with Gasteiger partial charge in [0.15, 0.2) is 5.65 Å². The van der Waals surface area contributed by atoms with Gasteiger partial charge in [-0.25, -0.2) is 9.51 Å². The summed E-state index contributed by atoms with van der Waals surface area (Å²) in [6.07, 6.45) is 6.51. The molecule has 0 atom stereocenters. The molecule has 6 nitrogen and oxygen atoms in total. The Morgan fingerprint density at radius 2 is 2.21 bits per heavy atom. The highest BCUT2D eigenvalue weighted by Crippen LogP contribution is 2.40. The number of nitrogens with zero attached hydrogens (tertiary/aromatic N) is 5. The number of fused-ring (bicyclic) bond motifs is 1. The smallest absolute Gasteiger partial charge is 0.243 e. The van der Waals surface area contributed by atoms with E-state index in [2.05, 4.69) is 30.9 Å². The minimum atomic E-state index is 0.237. The van der Waals surface area contributed by atoms with Crippen molar-refractivity contribution >= 4 is 39.0 Å². The second kappa shape index (κ2) is 5.19. The number of ether oxygens (including phenoxy) is 1. The summed E-state index contributed by atoms with van der Waals surface area (Å²) < 4.78 is 8.20. The summed E-state index contributed by atoms with van der Waals surface area (Å²) in [6, 6.07) is 3.89. The molecule has 0 aliphatic carbocycles. The molecule has 5 rings (SSSR count). The molecule has 24 heavy (non-hydrogen) atoms. The van der Waals surface area contributed by atoms with E-state index in [-0.39, 0.29) is 5.28 Å². The molecule has 8 heteroatoms. The van der Waals surface area contributed by atoms with Gasteiger partial charge in [-0.15, -0.1) is 5.10 Å². The van der Waals surface area contributed by atoms with E-state index in [1.165, 1.54) is 11.3 Å². The summed E-state index contributed by atoms with van der Waals surface area (Å²) in [5.74, 6) is 0.902. The Hall–Kier alpha value is -2.12. The molecule has 0 amide bonds. The maximum absolute atomic E-state index is 5.88. The van der Waals surface area contributed by atoms with E-state index in [4.69, 9.17) is 21.3 Å². The van der Waals surface area contributed by atoms with Crippen molar-refractivity contribution in [2.24, 2.45) is 4.99 Å². The molecule has 0 aromatic carbocycles. The molecule has 120 valence electrons. The number of aliphatic imine (C=N–C) groups is 1. The zero-order chi connectivity index (χ0) is 16.3. The van der Waals surface area contributed by atoms with Gasteiger partial charge in [0.05, 0.1) is 16.4 Å². The lowest BCUT2D eigenvalue weighted by molar-refractivity contribution is 0.279. The molecular weight excluding hydrogens is 394 g/mol. The van der Waals surface area contributed by atoms with Crippen molar-refractivity contribution in [1.82, 2.24) is 19.5 Å². The van der Waals surface area contributed by atoms with E-state index >= 15 is 0 Å². The fraction of sp³-hybridized carbons (Fsp3) is 0.188. The molecule has 0 fully saturated rings. The van der Waals surface area contributed by atoms with Crippen LogP contribution in [0.1, 0.15) is 12.0 Å². The number of allylic oxidation sites excluding steroid dienone is 1. The summed E-state index contributed by atoms with van der Waals surface area (Å²) >= 11 is 9.46. The zero-order valence-corrected chi connectivity index (χ0v) is 14.8. The molecule has 0 radical (unpaired) electrons. The van der Waals surface area contributed by atoms with Crippen LogP contribution in [-0.2, 0) is 4.74 Å². The highest BCUT2D eigenvalue weighted by Gasteiger charge is 2.34. The van der Waals surface area contributed by atoms with E-state index in [1.807, 2.05) is 24.5 Å². The lowest BCUT2D eigenvalue weighted by Gasteiger charge is -2.28. The van der Waals surface area contributed by atoms with Crippen LogP contribution in [0.5, 0.6) is 0 Å². The highest BCUT2D eigenvalue weighted by molar-refractivity contribution is 9.12. The fourth-order valence-corrected chi connectivity index (χ4v) is 3.88. The predicted molar refractivity (Wildman–Crippen MR) is 93.9 cm³/mol. The van der Waals surface area contributed by atoms with Crippen molar-refractivity contribution in [2.45, 2.75) is 6.42 Å². The normalized spacial score (nSPS) is 19.6. The highest BCUT2D eigenvalue weighted by atomic mass is 79.9. The molecule has 0 spiro atoms. The van der Waals surface area contributed by atoms with Gasteiger partial charge < -0.3 is 9.64 Å². The monoisotopic (exact) mass is 403 g/mol. The van der Waals surface area contributed by atoms with Gasteiger partial charge in [-0.3, -0.25) is 0 Å². The van der Waals surface area contributed by atoms with Gasteiger partial charge >= 0.3 is 0 Å². The number of amidine groups is 1. The number of hydrogen-bond acceptors (Lipinski definition) is 5. The van der Waals surface area contributed by atoms with Crippen molar-refractivity contribution in [2.75, 3.05) is 13.2 Å². The van der Waals surface area contributed by atoms with Gasteiger partial charge in [0.25, 0.3) is 0 Å². The standard InChI is InChI=1S/C16H11BrClN5O/c17-12-8-24-7-10-3-4-22-14(10)11(12)5-19-15(22)9-1-2-13-20-16(18)21-23(13)6-9/h1-2,5-6,8H,3-4,7H2. The number of hydrogen-bond donors (Lipinski definition) is 0. The van der Waals surface area contributed by atoms with Crippen LogP contribution in [0.3, 0.4) is 0 Å². The number of aromatic nitrogens is 3. The molecule has 0 unspecified atom stereocenters. The first kappa shape index (κ1) is 14.2. The lowest BCUT2D eigenvalue weighted by Crippen LogP contribution is -2.31. The van der Waals surface area contributed by atoms with Crippen LogP contribution in [0.4, 0.5) is 0 Å². The second-order valence-corrected chi connectivity index (χ2v) is 6.92. The second-order valence-electron chi connectivity index (χ2n) is 5.73. The zero-order valence-electron chi connectivity index (χ0n) is 12.4. The average Bonchev–Trinajstić information content (AvgIpc) is 3.11. The van der Waals surface area contributed by atoms with Gasteiger partial charge in [0.1, 0.15) is 12.4 Å². The molecule has 2 aromatic rings. The van der Waals surface area contributed by atoms with Crippen LogP contribution in [0, 0.1) is 0 Å². The van der Waals surface area contributed by atoms with Crippen LogP contribution in [0.2, 0.25) is 5.28 Å². The van der Waals surface area contributed by atoms with Crippen LogP contribution in [0.15, 0.2) is 57.1 Å².